The third-order valence-electron chi connectivity index (χ3n) is 6.30. The molecule has 2 N–H and O–H groups in total. The smallest absolute Gasteiger partial charge is 0.198 e. The monoisotopic (exact) mass is 325 g/mol. The number of quaternary nitrogens is 1. The fourth-order valence-corrected chi connectivity index (χ4v) is 5.80. The Kier molecular flexibility index (Phi) is 3.44. The molecule has 1 aromatic heterocycles. The lowest BCUT2D eigenvalue weighted by molar-refractivity contribution is -0.928. The van der Waals surface area contributed by atoms with E-state index in [2.05, 4.69) is 32.7 Å². The summed E-state index contributed by atoms with van der Waals surface area (Å²) >= 11 is 0. The van der Waals surface area contributed by atoms with Crippen LogP contribution in [0.2, 0.25) is 0 Å². The minimum Gasteiger partial charge on any atom is -0.358 e. The Morgan fingerprint density at radius 3 is 2.75 bits per heavy atom. The van der Waals surface area contributed by atoms with Crippen molar-refractivity contribution in [2.75, 3.05) is 6.54 Å². The molecule has 1 aliphatic heterocycles. The van der Waals surface area contributed by atoms with Gasteiger partial charge in [-0.25, -0.2) is 0 Å². The molecule has 1 saturated heterocycles. The molecule has 24 heavy (non-hydrogen) atoms. The van der Waals surface area contributed by atoms with Crippen LogP contribution in [-0.4, -0.2) is 17.6 Å². The molecule has 2 aromatic rings. The molecule has 1 aliphatic carbocycles. The second-order valence-electron chi connectivity index (χ2n) is 9.37. The number of likely N-dealkylation sites (tertiary alicyclic amines) is 1. The highest BCUT2D eigenvalue weighted by atomic mass is 16.1. The second kappa shape index (κ2) is 5.19. The molecule has 0 radical (unpaired) electrons. The van der Waals surface area contributed by atoms with Crippen molar-refractivity contribution in [3.63, 3.8) is 0 Å². The van der Waals surface area contributed by atoms with Gasteiger partial charge in [-0.15, -0.1) is 0 Å². The van der Waals surface area contributed by atoms with Gasteiger partial charge in [0.2, 0.25) is 0 Å². The number of aromatic nitrogens is 1. The van der Waals surface area contributed by atoms with Crippen LogP contribution in [-0.2, 0) is 6.54 Å². The lowest BCUT2D eigenvalue weighted by Gasteiger charge is -2.37. The second-order valence-corrected chi connectivity index (χ2v) is 9.37. The van der Waals surface area contributed by atoms with Gasteiger partial charge in [0.15, 0.2) is 5.43 Å². The third kappa shape index (κ3) is 2.59. The first-order chi connectivity index (χ1) is 11.3. The van der Waals surface area contributed by atoms with Crippen molar-refractivity contribution in [3.05, 3.63) is 45.7 Å². The highest BCUT2D eigenvalue weighted by Gasteiger charge is 2.52. The molecule has 3 atom stereocenters. The maximum absolute atomic E-state index is 13.0. The van der Waals surface area contributed by atoms with E-state index in [4.69, 9.17) is 0 Å². The zero-order chi connectivity index (χ0) is 17.1. The van der Waals surface area contributed by atoms with Gasteiger partial charge in [0.25, 0.3) is 0 Å². The quantitative estimate of drug-likeness (QED) is 0.875. The van der Waals surface area contributed by atoms with E-state index in [-0.39, 0.29) is 5.43 Å². The molecule has 2 bridgehead atoms. The van der Waals surface area contributed by atoms with Crippen molar-refractivity contribution >= 4 is 10.9 Å². The summed E-state index contributed by atoms with van der Waals surface area (Å²) in [4.78, 5) is 18.1. The van der Waals surface area contributed by atoms with Gasteiger partial charge in [0.05, 0.1) is 18.2 Å². The molecule has 3 unspecified atom stereocenters. The van der Waals surface area contributed by atoms with Crippen LogP contribution in [0.25, 0.3) is 10.9 Å². The van der Waals surface area contributed by atoms with Crippen molar-refractivity contribution < 1.29 is 4.90 Å². The molecule has 2 aliphatic rings. The summed E-state index contributed by atoms with van der Waals surface area (Å²) in [7, 11) is 0. The summed E-state index contributed by atoms with van der Waals surface area (Å²) in [6, 6.07) is 8.57. The number of fused-ring (bicyclic) bond motifs is 3. The lowest BCUT2D eigenvalue weighted by Crippen LogP contribution is -3.12. The Bertz CT molecular complexity index is 851. The van der Waals surface area contributed by atoms with E-state index in [1.54, 1.807) is 4.90 Å². The Morgan fingerprint density at radius 1 is 1.21 bits per heavy atom. The first kappa shape index (κ1) is 15.9. The predicted molar refractivity (Wildman–Crippen MR) is 98.4 cm³/mol. The van der Waals surface area contributed by atoms with E-state index in [1.807, 2.05) is 24.3 Å². The zero-order valence-corrected chi connectivity index (χ0v) is 15.3. The number of rotatable bonds is 2. The summed E-state index contributed by atoms with van der Waals surface area (Å²) in [6.45, 7) is 11.4. The summed E-state index contributed by atoms with van der Waals surface area (Å²) in [5.41, 5.74) is 4.07. The molecule has 3 nitrogen and oxygen atoms in total. The van der Waals surface area contributed by atoms with E-state index < -0.39 is 0 Å². The lowest BCUT2D eigenvalue weighted by atomic mass is 9.65. The van der Waals surface area contributed by atoms with Crippen LogP contribution < -0.4 is 10.3 Å². The Hall–Kier alpha value is -1.61. The number of nitrogens with one attached hydrogen (secondary N) is 2. The molecule has 0 spiro atoms. The summed E-state index contributed by atoms with van der Waals surface area (Å²) in [5.74, 6) is 0. The molecule has 1 saturated carbocycles. The summed E-state index contributed by atoms with van der Waals surface area (Å²) in [6.07, 6.45) is 3.91. The number of aromatic amines is 1. The van der Waals surface area contributed by atoms with Crippen LogP contribution in [0.4, 0.5) is 0 Å². The van der Waals surface area contributed by atoms with Gasteiger partial charge < -0.3 is 9.88 Å². The standard InChI is InChI=1S/C21H28N2O/c1-14-17(19(24)16-7-5-6-8-18(16)22-14)11-23-13-21(4)10-15(23)9-20(2,3)12-21/h5-8,15H,9-13H2,1-4H3,(H,22,24)/p+1. The van der Waals surface area contributed by atoms with Gasteiger partial charge in [-0.2, -0.15) is 0 Å². The van der Waals surface area contributed by atoms with E-state index in [0.29, 0.717) is 16.9 Å². The zero-order valence-electron chi connectivity index (χ0n) is 15.3. The fourth-order valence-electron chi connectivity index (χ4n) is 5.80. The number of hydrogen-bond donors (Lipinski definition) is 2. The topological polar surface area (TPSA) is 37.3 Å². The van der Waals surface area contributed by atoms with Crippen molar-refractivity contribution in [1.82, 2.24) is 4.98 Å². The minimum absolute atomic E-state index is 0.222. The molecule has 2 fully saturated rings. The van der Waals surface area contributed by atoms with Gasteiger partial charge in [-0.05, 0) is 30.9 Å². The van der Waals surface area contributed by atoms with E-state index in [0.717, 1.165) is 28.7 Å². The number of hydrogen-bond acceptors (Lipinski definition) is 1. The Balaban J connectivity index is 1.70. The largest absolute Gasteiger partial charge is 0.358 e. The van der Waals surface area contributed by atoms with Crippen LogP contribution in [0.1, 0.15) is 51.3 Å². The summed E-state index contributed by atoms with van der Waals surface area (Å²) in [5, 5.41) is 0.825. The highest BCUT2D eigenvalue weighted by Crippen LogP contribution is 2.47. The fraction of sp³-hybridized carbons (Fsp3) is 0.571. The number of aryl methyl sites for hydroxylation is 1. The average Bonchev–Trinajstić information content (AvgIpc) is 2.72. The molecule has 3 heteroatoms. The van der Waals surface area contributed by atoms with Crippen LogP contribution in [0.3, 0.4) is 0 Å². The Labute approximate surface area is 144 Å². The van der Waals surface area contributed by atoms with Gasteiger partial charge >= 0.3 is 0 Å². The van der Waals surface area contributed by atoms with Crippen LogP contribution in [0.5, 0.6) is 0 Å². The van der Waals surface area contributed by atoms with Crippen molar-refractivity contribution in [1.29, 1.82) is 0 Å². The number of benzene rings is 1. The molecule has 0 amide bonds. The van der Waals surface area contributed by atoms with E-state index in [1.165, 1.54) is 25.8 Å². The van der Waals surface area contributed by atoms with Crippen molar-refractivity contribution in [2.45, 2.75) is 59.5 Å². The van der Waals surface area contributed by atoms with Crippen molar-refractivity contribution in [3.8, 4) is 0 Å². The van der Waals surface area contributed by atoms with Gasteiger partial charge in [0, 0.05) is 34.9 Å². The highest BCUT2D eigenvalue weighted by molar-refractivity contribution is 5.79. The van der Waals surface area contributed by atoms with E-state index >= 15 is 0 Å². The molecule has 1 aromatic carbocycles. The number of para-hydroxylation sites is 1. The number of H-pyrrole nitrogens is 1. The van der Waals surface area contributed by atoms with Crippen LogP contribution in [0.15, 0.2) is 29.1 Å². The Morgan fingerprint density at radius 2 is 1.96 bits per heavy atom. The van der Waals surface area contributed by atoms with Crippen molar-refractivity contribution in [2.24, 2.45) is 10.8 Å². The number of pyridine rings is 1. The van der Waals surface area contributed by atoms with Crippen LogP contribution in [0, 0.1) is 17.8 Å². The van der Waals surface area contributed by atoms with Gasteiger partial charge in [0.1, 0.15) is 6.54 Å². The maximum Gasteiger partial charge on any atom is 0.198 e. The summed E-state index contributed by atoms with van der Waals surface area (Å²) < 4.78 is 0. The molecule has 2 heterocycles. The minimum atomic E-state index is 0.222. The normalized spacial score (nSPS) is 31.5. The molecular formula is C21H29N2O+. The van der Waals surface area contributed by atoms with E-state index in [9.17, 15) is 4.79 Å². The van der Waals surface area contributed by atoms with Gasteiger partial charge in [-0.1, -0.05) is 32.9 Å². The first-order valence-corrected chi connectivity index (χ1v) is 9.22. The third-order valence-corrected chi connectivity index (χ3v) is 6.30. The molecule has 128 valence electrons. The first-order valence-electron chi connectivity index (χ1n) is 9.22. The SMILES string of the molecule is Cc1[nH]c2ccccc2c(=O)c1C[NH+]1CC2(C)CC1CC(C)(C)C2. The maximum atomic E-state index is 13.0. The molecule has 4 rings (SSSR count). The van der Waals surface area contributed by atoms with Gasteiger partial charge in [-0.3, -0.25) is 4.79 Å². The molecular weight excluding hydrogens is 296 g/mol. The van der Waals surface area contributed by atoms with Crippen LogP contribution >= 0.6 is 0 Å². The average molecular weight is 325 g/mol. The predicted octanol–water partition coefficient (Wildman–Crippen LogP) is 2.82.